The quantitative estimate of drug-likeness (QED) is 0.395. The number of ether oxygens (including phenoxy) is 1. The van der Waals surface area contributed by atoms with Crippen molar-refractivity contribution in [3.63, 3.8) is 0 Å². The minimum Gasteiger partial charge on any atom is -0.466 e. The lowest BCUT2D eigenvalue weighted by molar-refractivity contribution is -0.149. The van der Waals surface area contributed by atoms with Gasteiger partial charge in [-0.3, -0.25) is 8.98 Å². The average Bonchev–Trinajstić information content (AvgIpc) is 3.22. The standard InChI is InChI=1S/C24H33NO6S/c1-14(2)17-10-18(15(3)4)24(19(11-17)16(5)6)32(27,28)30-13-21(20-8-7-9-29-20)31-23-12-22(26)25-23/h7-11,14-16,21,23H,12-13H2,1-6H3,(H,25,26)/t21-,23-/m1/s1. The molecule has 0 radical (unpaired) electrons. The van der Waals surface area contributed by atoms with Gasteiger partial charge in [-0.15, -0.1) is 0 Å². The summed E-state index contributed by atoms with van der Waals surface area (Å²) in [5, 5.41) is 2.62. The highest BCUT2D eigenvalue weighted by Gasteiger charge is 2.33. The van der Waals surface area contributed by atoms with E-state index < -0.39 is 22.4 Å². The average molecular weight is 464 g/mol. The van der Waals surface area contributed by atoms with Crippen LogP contribution in [-0.2, 0) is 23.8 Å². The second-order valence-corrected chi connectivity index (χ2v) is 10.7. The molecule has 2 heterocycles. The van der Waals surface area contributed by atoms with Crippen molar-refractivity contribution in [2.75, 3.05) is 6.61 Å². The Kier molecular flexibility index (Phi) is 7.47. The third-order valence-electron chi connectivity index (χ3n) is 5.59. The third-order valence-corrected chi connectivity index (χ3v) is 7.00. The molecule has 1 aromatic heterocycles. The van der Waals surface area contributed by atoms with E-state index in [0.717, 1.165) is 16.7 Å². The molecule has 1 aliphatic heterocycles. The second kappa shape index (κ2) is 9.77. The molecule has 2 aromatic rings. The lowest BCUT2D eigenvalue weighted by atomic mass is 9.89. The van der Waals surface area contributed by atoms with Crippen LogP contribution in [0, 0.1) is 0 Å². The Morgan fingerprint density at radius 3 is 2.09 bits per heavy atom. The fraction of sp³-hybridized carbons (Fsp3) is 0.542. The van der Waals surface area contributed by atoms with Crippen LogP contribution in [0.1, 0.15) is 94.3 Å². The van der Waals surface area contributed by atoms with E-state index in [1.807, 2.05) is 39.8 Å². The van der Waals surface area contributed by atoms with Gasteiger partial charge in [-0.1, -0.05) is 53.7 Å². The first-order valence-corrected chi connectivity index (χ1v) is 12.5. The van der Waals surface area contributed by atoms with Gasteiger partial charge in [-0.05, 0) is 46.6 Å². The maximum absolute atomic E-state index is 13.5. The van der Waals surface area contributed by atoms with E-state index >= 15 is 0 Å². The Morgan fingerprint density at radius 1 is 1.06 bits per heavy atom. The predicted octanol–water partition coefficient (Wildman–Crippen LogP) is 4.96. The monoisotopic (exact) mass is 463 g/mol. The van der Waals surface area contributed by atoms with Gasteiger partial charge in [-0.25, -0.2) is 0 Å². The topological polar surface area (TPSA) is 94.8 Å². The number of hydrogen-bond donors (Lipinski definition) is 1. The number of β-lactam (4-membered cyclic amide) rings is 1. The van der Waals surface area contributed by atoms with E-state index in [-0.39, 0.29) is 41.6 Å². The van der Waals surface area contributed by atoms with Crippen LogP contribution in [0.3, 0.4) is 0 Å². The molecule has 7 nitrogen and oxygen atoms in total. The lowest BCUT2D eigenvalue weighted by Crippen LogP contribution is -2.50. The summed E-state index contributed by atoms with van der Waals surface area (Å²) in [6.45, 7) is 11.9. The molecule has 8 heteroatoms. The van der Waals surface area contributed by atoms with Gasteiger partial charge in [0.15, 0.2) is 0 Å². The van der Waals surface area contributed by atoms with Crippen molar-refractivity contribution in [3.05, 3.63) is 53.0 Å². The van der Waals surface area contributed by atoms with Crippen LogP contribution >= 0.6 is 0 Å². The van der Waals surface area contributed by atoms with Crippen molar-refractivity contribution in [2.24, 2.45) is 0 Å². The van der Waals surface area contributed by atoms with Crippen LogP contribution in [0.5, 0.6) is 0 Å². The molecule has 1 amide bonds. The van der Waals surface area contributed by atoms with Gasteiger partial charge in [-0.2, -0.15) is 8.42 Å². The molecule has 1 aliphatic rings. The van der Waals surface area contributed by atoms with Crippen molar-refractivity contribution in [1.29, 1.82) is 0 Å². The molecule has 0 saturated carbocycles. The fourth-order valence-electron chi connectivity index (χ4n) is 3.66. The highest BCUT2D eigenvalue weighted by Crippen LogP contribution is 2.36. The Bertz CT molecular complexity index is 1000. The number of amides is 1. The SMILES string of the molecule is CC(C)c1cc(C(C)C)c(S(=O)(=O)OC[C@@H](O[C@@H]2CC(=O)N2)c2ccco2)c(C(C)C)c1. The highest BCUT2D eigenvalue weighted by atomic mass is 32.2. The van der Waals surface area contributed by atoms with E-state index in [1.165, 1.54) is 6.26 Å². The maximum atomic E-state index is 13.5. The van der Waals surface area contributed by atoms with Gasteiger partial charge < -0.3 is 14.5 Å². The first kappa shape index (κ1) is 24.5. The summed E-state index contributed by atoms with van der Waals surface area (Å²) < 4.78 is 43.8. The van der Waals surface area contributed by atoms with E-state index in [2.05, 4.69) is 19.2 Å². The zero-order chi connectivity index (χ0) is 23.6. The molecule has 1 fully saturated rings. The number of carbonyl (C=O) groups is 1. The summed E-state index contributed by atoms with van der Waals surface area (Å²) in [6, 6.07) is 7.33. The number of carbonyl (C=O) groups excluding carboxylic acids is 1. The first-order chi connectivity index (χ1) is 15.0. The molecule has 32 heavy (non-hydrogen) atoms. The van der Waals surface area contributed by atoms with Crippen molar-refractivity contribution in [3.8, 4) is 0 Å². The van der Waals surface area contributed by atoms with E-state index in [9.17, 15) is 13.2 Å². The molecular weight excluding hydrogens is 430 g/mol. The van der Waals surface area contributed by atoms with Crippen LogP contribution in [0.2, 0.25) is 0 Å². The molecule has 2 atom stereocenters. The summed E-state index contributed by atoms with van der Waals surface area (Å²) in [7, 11) is -4.08. The molecule has 3 rings (SSSR count). The molecule has 0 bridgehead atoms. The minimum atomic E-state index is -4.08. The highest BCUT2D eigenvalue weighted by molar-refractivity contribution is 7.86. The van der Waals surface area contributed by atoms with Crippen molar-refractivity contribution in [2.45, 2.75) is 82.9 Å². The molecule has 0 unspecified atom stereocenters. The van der Waals surface area contributed by atoms with Gasteiger partial charge in [0.1, 0.15) is 29.6 Å². The van der Waals surface area contributed by atoms with Gasteiger partial charge >= 0.3 is 0 Å². The number of nitrogens with one attached hydrogen (secondary N) is 1. The first-order valence-electron chi connectivity index (χ1n) is 11.0. The van der Waals surface area contributed by atoms with E-state index in [4.69, 9.17) is 13.3 Å². The fourth-order valence-corrected chi connectivity index (χ4v) is 5.25. The third kappa shape index (κ3) is 5.42. The van der Waals surface area contributed by atoms with Gasteiger partial charge in [0.25, 0.3) is 10.1 Å². The summed E-state index contributed by atoms with van der Waals surface area (Å²) in [6.07, 6.45) is 0.435. The summed E-state index contributed by atoms with van der Waals surface area (Å²) >= 11 is 0. The summed E-state index contributed by atoms with van der Waals surface area (Å²) in [4.78, 5) is 11.5. The number of furan rings is 1. The van der Waals surface area contributed by atoms with Crippen LogP contribution in [0.4, 0.5) is 0 Å². The van der Waals surface area contributed by atoms with Crippen molar-refractivity contribution in [1.82, 2.24) is 5.32 Å². The van der Waals surface area contributed by atoms with Gasteiger partial charge in [0.2, 0.25) is 5.91 Å². The Labute approximate surface area is 190 Å². The molecule has 1 aromatic carbocycles. The second-order valence-electron chi connectivity index (χ2n) is 9.13. The predicted molar refractivity (Wildman–Crippen MR) is 121 cm³/mol. The van der Waals surface area contributed by atoms with Gasteiger partial charge in [0.05, 0.1) is 12.7 Å². The molecule has 0 aliphatic carbocycles. The zero-order valence-corrected chi connectivity index (χ0v) is 20.4. The van der Waals surface area contributed by atoms with Crippen LogP contribution in [0.15, 0.2) is 39.8 Å². The van der Waals surface area contributed by atoms with Crippen molar-refractivity contribution < 1.29 is 26.5 Å². The van der Waals surface area contributed by atoms with E-state index in [1.54, 1.807) is 12.1 Å². The summed E-state index contributed by atoms with van der Waals surface area (Å²) in [5.41, 5.74) is 2.61. The minimum absolute atomic E-state index is 0.00174. The molecule has 1 saturated heterocycles. The van der Waals surface area contributed by atoms with Crippen LogP contribution in [0.25, 0.3) is 0 Å². The maximum Gasteiger partial charge on any atom is 0.297 e. The van der Waals surface area contributed by atoms with Crippen molar-refractivity contribution >= 4 is 16.0 Å². The number of hydrogen-bond acceptors (Lipinski definition) is 6. The van der Waals surface area contributed by atoms with Crippen LogP contribution < -0.4 is 5.32 Å². The Balaban J connectivity index is 1.93. The molecule has 0 spiro atoms. The normalized spacial score (nSPS) is 17.7. The Hall–Kier alpha value is -2.16. The number of benzene rings is 1. The summed E-state index contributed by atoms with van der Waals surface area (Å²) in [5.74, 6) is 0.598. The zero-order valence-electron chi connectivity index (χ0n) is 19.5. The Morgan fingerprint density at radius 2 is 1.66 bits per heavy atom. The van der Waals surface area contributed by atoms with E-state index in [0.29, 0.717) is 5.76 Å². The molecule has 1 N–H and O–H groups in total. The molecular formula is C24H33NO6S. The number of rotatable bonds is 10. The van der Waals surface area contributed by atoms with Gasteiger partial charge in [0, 0.05) is 0 Å². The smallest absolute Gasteiger partial charge is 0.297 e. The van der Waals surface area contributed by atoms with Crippen LogP contribution in [-0.4, -0.2) is 27.2 Å². The lowest BCUT2D eigenvalue weighted by Gasteiger charge is -2.30. The largest absolute Gasteiger partial charge is 0.466 e. The molecule has 176 valence electrons.